The number of pyridine rings is 1. The number of imidazole rings is 1. The summed E-state index contributed by atoms with van der Waals surface area (Å²) < 4.78 is 2.10. The first-order chi connectivity index (χ1) is 11.8. The first kappa shape index (κ1) is 13.2. The standard InChI is InChI=1S/C19H14N4O/c24-19-14-6-3-7-15-17(14)23(9-8-20-19)18(22-15)16-10-12-4-1-2-5-13(12)11-21-16/h1-7,10-11H,8-9H2,(H,20,24). The van der Waals surface area contributed by atoms with Crippen LogP contribution in [0.2, 0.25) is 0 Å². The summed E-state index contributed by atoms with van der Waals surface area (Å²) in [5, 5.41) is 5.17. The molecular weight excluding hydrogens is 300 g/mol. The minimum atomic E-state index is -0.0442. The summed E-state index contributed by atoms with van der Waals surface area (Å²) in [6, 6.07) is 15.9. The minimum absolute atomic E-state index is 0.0442. The molecule has 0 fully saturated rings. The van der Waals surface area contributed by atoms with Gasteiger partial charge >= 0.3 is 0 Å². The number of amides is 1. The lowest BCUT2D eigenvalue weighted by atomic mass is 10.1. The molecule has 0 saturated carbocycles. The highest BCUT2D eigenvalue weighted by Crippen LogP contribution is 2.28. The second kappa shape index (κ2) is 4.89. The molecule has 2 aromatic heterocycles. The van der Waals surface area contributed by atoms with E-state index in [0.29, 0.717) is 18.7 Å². The van der Waals surface area contributed by atoms with Gasteiger partial charge in [-0.3, -0.25) is 9.78 Å². The van der Waals surface area contributed by atoms with Crippen molar-refractivity contribution in [2.45, 2.75) is 6.54 Å². The van der Waals surface area contributed by atoms with Gasteiger partial charge in [-0.05, 0) is 23.6 Å². The summed E-state index contributed by atoms with van der Waals surface area (Å²) >= 11 is 0. The molecule has 3 heterocycles. The third-order valence-electron chi connectivity index (χ3n) is 4.49. The maximum absolute atomic E-state index is 12.2. The number of rotatable bonds is 1. The first-order valence-electron chi connectivity index (χ1n) is 7.94. The Morgan fingerprint density at radius 2 is 1.92 bits per heavy atom. The van der Waals surface area contributed by atoms with Crippen molar-refractivity contribution in [1.29, 1.82) is 0 Å². The van der Waals surface area contributed by atoms with Crippen LogP contribution < -0.4 is 5.32 Å². The molecule has 4 aromatic rings. The first-order valence-corrected chi connectivity index (χ1v) is 7.94. The van der Waals surface area contributed by atoms with E-state index in [0.717, 1.165) is 33.3 Å². The van der Waals surface area contributed by atoms with Crippen molar-refractivity contribution < 1.29 is 4.79 Å². The number of carbonyl (C=O) groups is 1. The van der Waals surface area contributed by atoms with Crippen LogP contribution in [0.25, 0.3) is 33.3 Å². The van der Waals surface area contributed by atoms with Gasteiger partial charge in [0.05, 0.1) is 16.6 Å². The fourth-order valence-corrected chi connectivity index (χ4v) is 3.36. The van der Waals surface area contributed by atoms with Crippen LogP contribution in [-0.2, 0) is 6.54 Å². The quantitative estimate of drug-likeness (QED) is 0.587. The zero-order chi connectivity index (χ0) is 16.1. The van der Waals surface area contributed by atoms with E-state index in [1.807, 2.05) is 42.6 Å². The van der Waals surface area contributed by atoms with Crippen molar-refractivity contribution in [2.24, 2.45) is 0 Å². The molecule has 5 rings (SSSR count). The summed E-state index contributed by atoms with van der Waals surface area (Å²) in [6.45, 7) is 1.27. The van der Waals surface area contributed by atoms with E-state index < -0.39 is 0 Å². The summed E-state index contributed by atoms with van der Waals surface area (Å²) in [4.78, 5) is 21.6. The predicted molar refractivity (Wildman–Crippen MR) is 92.8 cm³/mol. The lowest BCUT2D eigenvalue weighted by molar-refractivity contribution is 0.0956. The zero-order valence-electron chi connectivity index (χ0n) is 12.9. The lowest BCUT2D eigenvalue weighted by Crippen LogP contribution is -2.24. The van der Waals surface area contributed by atoms with E-state index in [1.54, 1.807) is 0 Å². The van der Waals surface area contributed by atoms with Gasteiger partial charge in [-0.15, -0.1) is 0 Å². The van der Waals surface area contributed by atoms with Crippen LogP contribution in [-0.4, -0.2) is 27.0 Å². The Morgan fingerprint density at radius 3 is 2.83 bits per heavy atom. The largest absolute Gasteiger partial charge is 0.350 e. The predicted octanol–water partition coefficient (Wildman–Crippen LogP) is 2.99. The molecule has 1 amide bonds. The zero-order valence-corrected chi connectivity index (χ0v) is 12.9. The molecule has 1 aliphatic rings. The van der Waals surface area contributed by atoms with Crippen LogP contribution >= 0.6 is 0 Å². The Labute approximate surface area is 138 Å². The van der Waals surface area contributed by atoms with Crippen molar-refractivity contribution in [3.8, 4) is 11.5 Å². The lowest BCUT2D eigenvalue weighted by Gasteiger charge is -2.07. The molecule has 1 N–H and O–H groups in total. The molecule has 0 aliphatic carbocycles. The monoisotopic (exact) mass is 314 g/mol. The van der Waals surface area contributed by atoms with Gasteiger partial charge in [-0.2, -0.15) is 0 Å². The molecular formula is C19H14N4O. The van der Waals surface area contributed by atoms with Crippen molar-refractivity contribution in [3.05, 3.63) is 60.3 Å². The number of para-hydroxylation sites is 1. The molecule has 0 unspecified atom stereocenters. The number of fused-ring (bicyclic) bond motifs is 1. The van der Waals surface area contributed by atoms with Gasteiger partial charge in [0.25, 0.3) is 5.91 Å². The van der Waals surface area contributed by atoms with Gasteiger partial charge in [0, 0.05) is 24.7 Å². The summed E-state index contributed by atoms with van der Waals surface area (Å²) in [6.07, 6.45) is 1.87. The Bertz CT molecular complexity index is 1110. The van der Waals surface area contributed by atoms with Crippen molar-refractivity contribution in [1.82, 2.24) is 19.9 Å². The second-order valence-corrected chi connectivity index (χ2v) is 5.93. The molecule has 5 nitrogen and oxygen atoms in total. The summed E-state index contributed by atoms with van der Waals surface area (Å²) in [5.74, 6) is 0.761. The van der Waals surface area contributed by atoms with Gasteiger partial charge in [0.15, 0.2) is 5.82 Å². The molecule has 1 aliphatic heterocycles. The average molecular weight is 314 g/mol. The topological polar surface area (TPSA) is 59.8 Å². The minimum Gasteiger partial charge on any atom is -0.350 e. The highest BCUT2D eigenvalue weighted by atomic mass is 16.1. The maximum Gasteiger partial charge on any atom is 0.253 e. The van der Waals surface area contributed by atoms with Crippen LogP contribution in [0.5, 0.6) is 0 Å². The highest BCUT2D eigenvalue weighted by molar-refractivity contribution is 6.06. The van der Waals surface area contributed by atoms with E-state index >= 15 is 0 Å². The van der Waals surface area contributed by atoms with Crippen molar-refractivity contribution >= 4 is 27.7 Å². The van der Waals surface area contributed by atoms with E-state index in [9.17, 15) is 4.79 Å². The number of carbonyl (C=O) groups excluding carboxylic acids is 1. The molecule has 0 saturated heterocycles. The molecule has 116 valence electrons. The van der Waals surface area contributed by atoms with Crippen molar-refractivity contribution in [3.63, 3.8) is 0 Å². The Kier molecular flexibility index (Phi) is 2.70. The number of hydrogen-bond donors (Lipinski definition) is 1. The van der Waals surface area contributed by atoms with Gasteiger partial charge in [0.2, 0.25) is 0 Å². The number of aromatic nitrogens is 3. The molecule has 24 heavy (non-hydrogen) atoms. The van der Waals surface area contributed by atoms with Crippen LogP contribution in [0.1, 0.15) is 10.4 Å². The summed E-state index contributed by atoms with van der Waals surface area (Å²) in [7, 11) is 0. The average Bonchev–Trinajstić information content (AvgIpc) is 2.91. The summed E-state index contributed by atoms with van der Waals surface area (Å²) in [5.41, 5.74) is 3.21. The smallest absolute Gasteiger partial charge is 0.253 e. The third-order valence-corrected chi connectivity index (χ3v) is 4.49. The van der Waals surface area contributed by atoms with Crippen LogP contribution in [0.15, 0.2) is 54.7 Å². The fraction of sp³-hybridized carbons (Fsp3) is 0.105. The Morgan fingerprint density at radius 1 is 1.04 bits per heavy atom. The normalized spacial score (nSPS) is 13.9. The Balaban J connectivity index is 1.81. The van der Waals surface area contributed by atoms with E-state index in [2.05, 4.69) is 27.0 Å². The molecule has 0 spiro atoms. The van der Waals surface area contributed by atoms with Gasteiger partial charge in [0.1, 0.15) is 5.69 Å². The molecule has 0 bridgehead atoms. The molecule has 5 heteroatoms. The molecule has 0 atom stereocenters. The maximum atomic E-state index is 12.2. The van der Waals surface area contributed by atoms with E-state index in [-0.39, 0.29) is 5.91 Å². The fourth-order valence-electron chi connectivity index (χ4n) is 3.36. The SMILES string of the molecule is O=C1NCCn2c(-c3cc4ccccc4cn3)nc3cccc1c32. The number of benzene rings is 2. The highest BCUT2D eigenvalue weighted by Gasteiger charge is 2.22. The van der Waals surface area contributed by atoms with Crippen LogP contribution in [0, 0.1) is 0 Å². The van der Waals surface area contributed by atoms with Gasteiger partial charge in [-0.1, -0.05) is 30.3 Å². The van der Waals surface area contributed by atoms with Crippen molar-refractivity contribution in [2.75, 3.05) is 6.54 Å². The van der Waals surface area contributed by atoms with Gasteiger partial charge in [-0.25, -0.2) is 4.98 Å². The van der Waals surface area contributed by atoms with E-state index in [4.69, 9.17) is 4.98 Å². The Hall–Kier alpha value is -3.21. The molecule has 0 radical (unpaired) electrons. The van der Waals surface area contributed by atoms with Crippen LogP contribution in [0.4, 0.5) is 0 Å². The van der Waals surface area contributed by atoms with E-state index in [1.165, 1.54) is 0 Å². The number of nitrogens with one attached hydrogen (secondary N) is 1. The number of nitrogens with zero attached hydrogens (tertiary/aromatic N) is 3. The third kappa shape index (κ3) is 1.84. The number of hydrogen-bond acceptors (Lipinski definition) is 3. The molecule has 2 aromatic carbocycles. The van der Waals surface area contributed by atoms with Gasteiger partial charge < -0.3 is 9.88 Å². The second-order valence-electron chi connectivity index (χ2n) is 5.93. The van der Waals surface area contributed by atoms with Crippen LogP contribution in [0.3, 0.4) is 0 Å².